The lowest BCUT2D eigenvalue weighted by molar-refractivity contribution is -0.139. The van der Waals surface area contributed by atoms with Crippen LogP contribution in [0.25, 0.3) is 5.76 Å². The Bertz CT molecular complexity index is 1030. The van der Waals surface area contributed by atoms with E-state index in [4.69, 9.17) is 9.47 Å². The third-order valence-electron chi connectivity index (χ3n) is 5.59. The first-order chi connectivity index (χ1) is 15.3. The van der Waals surface area contributed by atoms with Gasteiger partial charge in [0.05, 0.1) is 25.8 Å². The summed E-state index contributed by atoms with van der Waals surface area (Å²) in [5.74, 6) is -0.596. The number of carbonyl (C=O) groups excluding carboxylic acids is 2. The van der Waals surface area contributed by atoms with Crippen molar-refractivity contribution in [3.63, 3.8) is 0 Å². The number of carbonyl (C=O) groups is 2. The summed E-state index contributed by atoms with van der Waals surface area (Å²) in [6.07, 6.45) is 0.707. The lowest BCUT2D eigenvalue weighted by Crippen LogP contribution is -2.32. The van der Waals surface area contributed by atoms with Crippen LogP contribution >= 0.6 is 0 Å². The molecule has 7 heteroatoms. The molecule has 0 saturated carbocycles. The largest absolute Gasteiger partial charge is 0.507 e. The van der Waals surface area contributed by atoms with Crippen molar-refractivity contribution in [1.82, 2.24) is 9.80 Å². The van der Waals surface area contributed by atoms with Crippen LogP contribution in [0.1, 0.15) is 29.2 Å². The number of amides is 1. The summed E-state index contributed by atoms with van der Waals surface area (Å²) >= 11 is 0. The van der Waals surface area contributed by atoms with Crippen LogP contribution in [0.2, 0.25) is 0 Å². The summed E-state index contributed by atoms with van der Waals surface area (Å²) in [7, 11) is 6.94. The second-order valence-electron chi connectivity index (χ2n) is 8.13. The molecule has 1 N–H and O–H groups in total. The maximum Gasteiger partial charge on any atom is 0.295 e. The highest BCUT2D eigenvalue weighted by molar-refractivity contribution is 6.46. The van der Waals surface area contributed by atoms with Gasteiger partial charge in [-0.05, 0) is 57.7 Å². The molecule has 1 aliphatic heterocycles. The lowest BCUT2D eigenvalue weighted by atomic mass is 9.94. The number of ether oxygens (including phenoxy) is 2. The Hall–Kier alpha value is -3.32. The van der Waals surface area contributed by atoms with Gasteiger partial charge in [-0.1, -0.05) is 29.8 Å². The van der Waals surface area contributed by atoms with Gasteiger partial charge in [0, 0.05) is 12.1 Å². The van der Waals surface area contributed by atoms with Crippen molar-refractivity contribution in [2.24, 2.45) is 0 Å². The van der Waals surface area contributed by atoms with E-state index in [0.29, 0.717) is 30.0 Å². The van der Waals surface area contributed by atoms with Gasteiger partial charge >= 0.3 is 0 Å². The van der Waals surface area contributed by atoms with Gasteiger partial charge < -0.3 is 24.4 Å². The number of rotatable bonds is 8. The van der Waals surface area contributed by atoms with Crippen LogP contribution in [0.5, 0.6) is 11.5 Å². The number of hydrogen-bond donors (Lipinski definition) is 1. The van der Waals surface area contributed by atoms with E-state index >= 15 is 0 Å². The van der Waals surface area contributed by atoms with Crippen molar-refractivity contribution < 1.29 is 24.2 Å². The van der Waals surface area contributed by atoms with Crippen LogP contribution in [-0.4, -0.2) is 68.0 Å². The number of ketones is 1. The number of hydrogen-bond acceptors (Lipinski definition) is 6. The van der Waals surface area contributed by atoms with Crippen LogP contribution in [0.4, 0.5) is 0 Å². The van der Waals surface area contributed by atoms with E-state index in [1.807, 2.05) is 50.2 Å². The molecular formula is C25H30N2O5. The van der Waals surface area contributed by atoms with Crippen LogP contribution in [0.15, 0.2) is 48.0 Å². The van der Waals surface area contributed by atoms with E-state index in [9.17, 15) is 14.7 Å². The first-order valence-corrected chi connectivity index (χ1v) is 10.5. The molecule has 0 spiro atoms. The SMILES string of the molecule is COc1ccc(/C(O)=C2/C(=O)C(=O)N(CCCN(C)C)C2c2ccc(C)cc2)cc1OC. The highest BCUT2D eigenvalue weighted by Gasteiger charge is 2.45. The molecule has 32 heavy (non-hydrogen) atoms. The van der Waals surface area contributed by atoms with E-state index in [1.165, 1.54) is 14.2 Å². The lowest BCUT2D eigenvalue weighted by Gasteiger charge is -2.26. The molecule has 1 amide bonds. The molecule has 1 saturated heterocycles. The van der Waals surface area contributed by atoms with Gasteiger partial charge in [0.15, 0.2) is 11.5 Å². The molecule has 7 nitrogen and oxygen atoms in total. The summed E-state index contributed by atoms with van der Waals surface area (Å²) < 4.78 is 10.6. The van der Waals surface area contributed by atoms with E-state index in [-0.39, 0.29) is 11.3 Å². The molecule has 0 radical (unpaired) electrons. The minimum atomic E-state index is -0.687. The molecule has 1 atom stereocenters. The topological polar surface area (TPSA) is 79.3 Å². The summed E-state index contributed by atoms with van der Waals surface area (Å²) in [5, 5.41) is 11.2. The summed E-state index contributed by atoms with van der Waals surface area (Å²) in [6.45, 7) is 3.16. The molecular weight excluding hydrogens is 408 g/mol. The standard InChI is InChI=1S/C25H30N2O5/c1-16-7-9-17(10-8-16)22-21(24(29)25(30)27(22)14-6-13-26(2)3)23(28)18-11-12-19(31-4)20(15-18)32-5/h7-12,15,22,28H,6,13-14H2,1-5H3/b23-21-. The molecule has 1 unspecified atom stereocenters. The van der Waals surface area contributed by atoms with Crippen molar-refractivity contribution in [3.05, 3.63) is 64.7 Å². The second kappa shape index (κ2) is 9.87. The Labute approximate surface area is 188 Å². The van der Waals surface area contributed by atoms with Gasteiger partial charge in [-0.25, -0.2) is 0 Å². The van der Waals surface area contributed by atoms with Crippen molar-refractivity contribution in [2.45, 2.75) is 19.4 Å². The molecule has 0 aliphatic carbocycles. The van der Waals surface area contributed by atoms with E-state index < -0.39 is 17.7 Å². The Morgan fingerprint density at radius 1 is 1.03 bits per heavy atom. The maximum atomic E-state index is 13.1. The van der Waals surface area contributed by atoms with Gasteiger partial charge in [0.25, 0.3) is 11.7 Å². The predicted octanol–water partition coefficient (Wildman–Crippen LogP) is 3.39. The molecule has 0 bridgehead atoms. The molecule has 0 aromatic heterocycles. The number of benzene rings is 2. The summed E-state index contributed by atoms with van der Waals surface area (Å²) in [6, 6.07) is 11.9. The first-order valence-electron chi connectivity index (χ1n) is 10.5. The molecule has 2 aromatic rings. The van der Waals surface area contributed by atoms with Crippen molar-refractivity contribution in [1.29, 1.82) is 0 Å². The normalized spacial score (nSPS) is 17.8. The quantitative estimate of drug-likeness (QED) is 0.387. The van der Waals surface area contributed by atoms with Gasteiger partial charge in [-0.3, -0.25) is 9.59 Å². The van der Waals surface area contributed by atoms with Gasteiger partial charge in [-0.2, -0.15) is 0 Å². The fraction of sp³-hybridized carbons (Fsp3) is 0.360. The van der Waals surface area contributed by atoms with Crippen molar-refractivity contribution in [2.75, 3.05) is 41.4 Å². The van der Waals surface area contributed by atoms with Crippen molar-refractivity contribution in [3.8, 4) is 11.5 Å². The van der Waals surface area contributed by atoms with E-state index in [0.717, 1.165) is 17.7 Å². The van der Waals surface area contributed by atoms with E-state index in [2.05, 4.69) is 0 Å². The van der Waals surface area contributed by atoms with Crippen LogP contribution in [-0.2, 0) is 9.59 Å². The molecule has 1 aliphatic rings. The van der Waals surface area contributed by atoms with Crippen molar-refractivity contribution >= 4 is 17.4 Å². The van der Waals surface area contributed by atoms with E-state index in [1.54, 1.807) is 23.1 Å². The fourth-order valence-electron chi connectivity index (χ4n) is 3.90. The Morgan fingerprint density at radius 2 is 1.69 bits per heavy atom. The number of Topliss-reactive ketones (excluding diaryl/α,β-unsaturated/α-hetero) is 1. The Morgan fingerprint density at radius 3 is 2.28 bits per heavy atom. The molecule has 1 heterocycles. The third kappa shape index (κ3) is 4.62. The molecule has 1 fully saturated rings. The minimum Gasteiger partial charge on any atom is -0.507 e. The second-order valence-corrected chi connectivity index (χ2v) is 8.13. The molecule has 2 aromatic carbocycles. The van der Waals surface area contributed by atoms with Gasteiger partial charge in [0.2, 0.25) is 0 Å². The molecule has 170 valence electrons. The number of aryl methyl sites for hydroxylation is 1. The van der Waals surface area contributed by atoms with Crippen LogP contribution in [0, 0.1) is 6.92 Å². The smallest absolute Gasteiger partial charge is 0.295 e. The average molecular weight is 439 g/mol. The number of nitrogens with zero attached hydrogens (tertiary/aromatic N) is 2. The zero-order chi connectivity index (χ0) is 23.4. The fourth-order valence-corrected chi connectivity index (χ4v) is 3.90. The number of likely N-dealkylation sites (tertiary alicyclic amines) is 1. The van der Waals surface area contributed by atoms with Crippen LogP contribution < -0.4 is 9.47 Å². The van der Waals surface area contributed by atoms with Crippen LogP contribution in [0.3, 0.4) is 0 Å². The number of aliphatic hydroxyl groups excluding tert-OH is 1. The Kier molecular flexibility index (Phi) is 7.20. The average Bonchev–Trinajstić information content (AvgIpc) is 3.03. The predicted molar refractivity (Wildman–Crippen MR) is 123 cm³/mol. The highest BCUT2D eigenvalue weighted by atomic mass is 16.5. The monoisotopic (exact) mass is 438 g/mol. The molecule has 3 rings (SSSR count). The zero-order valence-corrected chi connectivity index (χ0v) is 19.2. The first kappa shape index (κ1) is 23.3. The third-order valence-corrected chi connectivity index (χ3v) is 5.59. The van der Waals surface area contributed by atoms with Gasteiger partial charge in [0.1, 0.15) is 5.76 Å². The van der Waals surface area contributed by atoms with Gasteiger partial charge in [-0.15, -0.1) is 0 Å². The summed E-state index contributed by atoms with van der Waals surface area (Å²) in [5.41, 5.74) is 2.31. The zero-order valence-electron chi connectivity index (χ0n) is 19.2. The minimum absolute atomic E-state index is 0.0796. The number of methoxy groups -OCH3 is 2. The Balaban J connectivity index is 2.11. The highest BCUT2D eigenvalue weighted by Crippen LogP contribution is 2.40. The summed E-state index contributed by atoms with van der Waals surface area (Å²) in [4.78, 5) is 29.6. The number of aliphatic hydroxyl groups is 1. The maximum absolute atomic E-state index is 13.1.